The number of primary amides is 1. The van der Waals surface area contributed by atoms with E-state index in [1.54, 1.807) is 24.3 Å². The molecule has 0 bridgehead atoms. The van der Waals surface area contributed by atoms with E-state index in [4.69, 9.17) is 17.3 Å². The predicted octanol–water partition coefficient (Wildman–Crippen LogP) is 3.19. The maximum Gasteiger partial charge on any atom is 0.416 e. The van der Waals surface area contributed by atoms with Gasteiger partial charge in [0.05, 0.1) is 5.56 Å². The van der Waals surface area contributed by atoms with Crippen LogP contribution >= 0.6 is 11.6 Å². The molecule has 2 aromatic carbocycles. The summed E-state index contributed by atoms with van der Waals surface area (Å²) < 4.78 is 37.6. The predicted molar refractivity (Wildman–Crippen MR) is 87.0 cm³/mol. The lowest BCUT2D eigenvalue weighted by atomic mass is 10.0. The van der Waals surface area contributed by atoms with Crippen molar-refractivity contribution in [3.8, 4) is 0 Å². The van der Waals surface area contributed by atoms with E-state index in [9.17, 15) is 22.8 Å². The molecule has 2 aromatic rings. The summed E-state index contributed by atoms with van der Waals surface area (Å²) >= 11 is 6.02. The molecule has 8 heteroatoms. The molecule has 0 radical (unpaired) electrons. The van der Waals surface area contributed by atoms with Crippen molar-refractivity contribution in [2.45, 2.75) is 18.6 Å². The number of nitrogens with two attached hydrogens (primary N) is 1. The van der Waals surface area contributed by atoms with Gasteiger partial charge in [-0.05, 0) is 35.9 Å². The lowest BCUT2D eigenvalue weighted by Gasteiger charge is -2.16. The fraction of sp³-hybridized carbons (Fsp3) is 0.176. The van der Waals surface area contributed by atoms with Crippen LogP contribution in [0.15, 0.2) is 48.5 Å². The van der Waals surface area contributed by atoms with Crippen molar-refractivity contribution in [3.05, 3.63) is 70.2 Å². The van der Waals surface area contributed by atoms with Crippen molar-refractivity contribution in [1.29, 1.82) is 0 Å². The quantitative estimate of drug-likeness (QED) is 0.848. The summed E-state index contributed by atoms with van der Waals surface area (Å²) in [4.78, 5) is 23.7. The topological polar surface area (TPSA) is 72.2 Å². The van der Waals surface area contributed by atoms with Gasteiger partial charge >= 0.3 is 6.18 Å². The zero-order chi connectivity index (χ0) is 18.6. The lowest BCUT2D eigenvalue weighted by molar-refractivity contribution is -0.137. The van der Waals surface area contributed by atoms with Crippen molar-refractivity contribution < 1.29 is 22.8 Å². The van der Waals surface area contributed by atoms with E-state index in [-0.39, 0.29) is 12.0 Å². The third-order valence-electron chi connectivity index (χ3n) is 3.51. The Balaban J connectivity index is 2.13. The van der Waals surface area contributed by atoms with Crippen LogP contribution in [0.1, 0.15) is 21.5 Å². The Labute approximate surface area is 146 Å². The highest BCUT2D eigenvalue weighted by Gasteiger charge is 2.30. The molecule has 25 heavy (non-hydrogen) atoms. The average molecular weight is 371 g/mol. The van der Waals surface area contributed by atoms with Crippen molar-refractivity contribution in [2.75, 3.05) is 0 Å². The van der Waals surface area contributed by atoms with Gasteiger partial charge in [0.2, 0.25) is 5.91 Å². The number of amides is 2. The van der Waals surface area contributed by atoms with Gasteiger partial charge in [-0.1, -0.05) is 29.8 Å². The first-order chi connectivity index (χ1) is 11.7. The molecular formula is C17H14ClF3N2O2. The third kappa shape index (κ3) is 4.96. The standard InChI is InChI=1S/C17H14ClF3N2O2/c18-13-4-2-1-3-11(13)9-14(15(22)24)23-16(25)10-5-7-12(8-6-10)17(19,20)21/h1-8,14H,9H2,(H2,22,24)(H,23,25)/t14-/m1/s1. The molecule has 0 aliphatic carbocycles. The Bertz CT molecular complexity index is 776. The summed E-state index contributed by atoms with van der Waals surface area (Å²) in [6.07, 6.45) is -4.42. The van der Waals surface area contributed by atoms with Crippen LogP contribution in [-0.4, -0.2) is 17.9 Å². The van der Waals surface area contributed by atoms with Crippen molar-refractivity contribution in [2.24, 2.45) is 5.73 Å². The summed E-state index contributed by atoms with van der Waals surface area (Å²) in [6.45, 7) is 0. The second-order valence-corrected chi connectivity index (χ2v) is 5.71. The van der Waals surface area contributed by atoms with E-state index < -0.39 is 29.6 Å². The third-order valence-corrected chi connectivity index (χ3v) is 3.87. The minimum atomic E-state index is -4.49. The van der Waals surface area contributed by atoms with Gasteiger partial charge in [0.15, 0.2) is 0 Å². The summed E-state index contributed by atoms with van der Waals surface area (Å²) in [7, 11) is 0. The highest BCUT2D eigenvalue weighted by molar-refractivity contribution is 6.31. The van der Waals surface area contributed by atoms with E-state index in [0.717, 1.165) is 24.3 Å². The smallest absolute Gasteiger partial charge is 0.368 e. The molecule has 4 nitrogen and oxygen atoms in total. The van der Waals surface area contributed by atoms with Gasteiger partial charge in [0.25, 0.3) is 5.91 Å². The van der Waals surface area contributed by atoms with Crippen LogP contribution in [0.25, 0.3) is 0 Å². The molecule has 2 rings (SSSR count). The molecule has 0 saturated carbocycles. The Morgan fingerprint density at radius 3 is 2.20 bits per heavy atom. The second kappa shape index (κ2) is 7.57. The number of hydrogen-bond donors (Lipinski definition) is 2. The van der Waals surface area contributed by atoms with E-state index in [0.29, 0.717) is 10.6 Å². The summed E-state index contributed by atoms with van der Waals surface area (Å²) in [5.41, 5.74) is 5.02. The monoisotopic (exact) mass is 370 g/mol. The first-order valence-corrected chi connectivity index (χ1v) is 7.57. The fourth-order valence-electron chi connectivity index (χ4n) is 2.16. The molecule has 0 aliphatic rings. The Kier molecular flexibility index (Phi) is 5.69. The second-order valence-electron chi connectivity index (χ2n) is 5.30. The highest BCUT2D eigenvalue weighted by atomic mass is 35.5. The van der Waals surface area contributed by atoms with Crippen molar-refractivity contribution >= 4 is 23.4 Å². The Morgan fingerprint density at radius 2 is 1.68 bits per heavy atom. The van der Waals surface area contributed by atoms with E-state index >= 15 is 0 Å². The van der Waals surface area contributed by atoms with Gasteiger partial charge in [0, 0.05) is 17.0 Å². The van der Waals surface area contributed by atoms with Gasteiger partial charge in [-0.2, -0.15) is 13.2 Å². The van der Waals surface area contributed by atoms with Crippen LogP contribution in [-0.2, 0) is 17.4 Å². The van der Waals surface area contributed by atoms with Crippen LogP contribution in [0.5, 0.6) is 0 Å². The average Bonchev–Trinajstić information content (AvgIpc) is 2.55. The molecule has 0 aliphatic heterocycles. The van der Waals surface area contributed by atoms with Gasteiger partial charge in [-0.25, -0.2) is 0 Å². The molecule has 132 valence electrons. The molecule has 0 heterocycles. The SMILES string of the molecule is NC(=O)[C@@H](Cc1ccccc1Cl)NC(=O)c1ccc(C(F)(F)F)cc1. The number of rotatable bonds is 5. The van der Waals surface area contributed by atoms with E-state index in [1.165, 1.54) is 0 Å². The summed E-state index contributed by atoms with van der Waals surface area (Å²) in [5, 5.41) is 2.83. The molecule has 0 unspecified atom stereocenters. The number of carbonyl (C=O) groups is 2. The summed E-state index contributed by atoms with van der Waals surface area (Å²) in [5.74, 6) is -1.48. The van der Waals surface area contributed by atoms with Gasteiger partial charge in [-0.15, -0.1) is 0 Å². The highest BCUT2D eigenvalue weighted by Crippen LogP contribution is 2.29. The molecule has 0 aromatic heterocycles. The zero-order valence-electron chi connectivity index (χ0n) is 12.8. The molecule has 0 saturated heterocycles. The number of benzene rings is 2. The number of halogens is 4. The van der Waals surface area contributed by atoms with Crippen molar-refractivity contribution in [3.63, 3.8) is 0 Å². The van der Waals surface area contributed by atoms with Crippen LogP contribution in [0.2, 0.25) is 5.02 Å². The lowest BCUT2D eigenvalue weighted by Crippen LogP contribution is -2.45. The number of hydrogen-bond acceptors (Lipinski definition) is 2. The van der Waals surface area contributed by atoms with Crippen LogP contribution in [0.3, 0.4) is 0 Å². The normalized spacial score (nSPS) is 12.5. The molecular weight excluding hydrogens is 357 g/mol. The fourth-order valence-corrected chi connectivity index (χ4v) is 2.37. The van der Waals surface area contributed by atoms with Crippen LogP contribution in [0, 0.1) is 0 Å². The van der Waals surface area contributed by atoms with Gasteiger partial charge < -0.3 is 11.1 Å². The largest absolute Gasteiger partial charge is 0.416 e. The Morgan fingerprint density at radius 1 is 1.08 bits per heavy atom. The minimum absolute atomic E-state index is 0.0154. The first-order valence-electron chi connectivity index (χ1n) is 7.19. The maximum atomic E-state index is 12.5. The molecule has 3 N–H and O–H groups in total. The van der Waals surface area contributed by atoms with E-state index in [1.807, 2.05) is 0 Å². The maximum absolute atomic E-state index is 12.5. The van der Waals surface area contributed by atoms with E-state index in [2.05, 4.69) is 5.32 Å². The number of nitrogens with one attached hydrogen (secondary N) is 1. The summed E-state index contributed by atoms with van der Waals surface area (Å²) in [6, 6.07) is 9.36. The molecule has 1 atom stereocenters. The Hall–Kier alpha value is -2.54. The first kappa shape index (κ1) is 18.8. The minimum Gasteiger partial charge on any atom is -0.368 e. The van der Waals surface area contributed by atoms with Gasteiger partial charge in [0.1, 0.15) is 6.04 Å². The zero-order valence-corrected chi connectivity index (χ0v) is 13.6. The van der Waals surface area contributed by atoms with Crippen LogP contribution < -0.4 is 11.1 Å². The number of alkyl halides is 3. The van der Waals surface area contributed by atoms with Crippen molar-refractivity contribution in [1.82, 2.24) is 5.32 Å². The molecule has 0 spiro atoms. The molecule has 0 fully saturated rings. The van der Waals surface area contributed by atoms with Gasteiger partial charge in [-0.3, -0.25) is 9.59 Å². The number of carbonyl (C=O) groups excluding carboxylic acids is 2. The molecule has 2 amide bonds. The van der Waals surface area contributed by atoms with Crippen LogP contribution in [0.4, 0.5) is 13.2 Å².